The number of unbranched alkanes of at least 4 members (excludes halogenated alkanes) is 5. The first kappa shape index (κ1) is 27.8. The lowest BCUT2D eigenvalue weighted by Gasteiger charge is -2.58. The first-order valence-corrected chi connectivity index (χ1v) is 16.0. The Bertz CT molecular complexity index is 997. The smallest absolute Gasteiger partial charge is 0.430 e. The molecule has 0 aliphatic heterocycles. The number of fused-ring (bicyclic) bond motifs is 5. The minimum absolute atomic E-state index is 0.0653. The molecule has 3 fully saturated rings. The lowest BCUT2D eigenvalue weighted by molar-refractivity contribution is -0.0538. The maximum Gasteiger partial charge on any atom is 0.514 e. The van der Waals surface area contributed by atoms with E-state index in [-0.39, 0.29) is 11.5 Å². The zero-order chi connectivity index (χ0) is 26.8. The van der Waals surface area contributed by atoms with Crippen LogP contribution in [0.25, 0.3) is 0 Å². The molecule has 5 rings (SSSR count). The minimum Gasteiger partial charge on any atom is -0.430 e. The van der Waals surface area contributed by atoms with E-state index in [1.54, 1.807) is 5.57 Å². The van der Waals surface area contributed by atoms with Gasteiger partial charge in [0.25, 0.3) is 0 Å². The monoisotopic (exact) mass is 520 g/mol. The van der Waals surface area contributed by atoms with Crippen LogP contribution >= 0.6 is 0 Å². The molecule has 0 N–H and O–H groups in total. The van der Waals surface area contributed by atoms with E-state index in [2.05, 4.69) is 26.8 Å². The fourth-order valence-electron chi connectivity index (χ4n) is 9.40. The normalized spacial score (nSPS) is 36.0. The summed E-state index contributed by atoms with van der Waals surface area (Å²) in [7, 11) is 0. The molecule has 1 aromatic rings. The van der Waals surface area contributed by atoms with Gasteiger partial charge in [0.1, 0.15) is 11.9 Å². The molecule has 4 aliphatic rings. The van der Waals surface area contributed by atoms with Crippen molar-refractivity contribution in [2.45, 2.75) is 130 Å². The standard InChI is InChI=1S/C35H52O3/c1-5-6-7-8-9-10-14-26-17-19-30-29-18-16-27-24-28(37-33(36)38-32-15-12-11-13-25(32)2)20-22-35(27,4)31(29)21-23-34(26,30)3/h11-13,15-16,26,28-31H,5-10,14,17-24H2,1-4H3/t26-,28+,29-,30+,31+,34-,35+/m1/s1. The summed E-state index contributed by atoms with van der Waals surface area (Å²) in [6.45, 7) is 9.48. The van der Waals surface area contributed by atoms with Crippen molar-refractivity contribution in [1.29, 1.82) is 0 Å². The lowest BCUT2D eigenvalue weighted by Crippen LogP contribution is -2.50. The molecule has 0 amide bonds. The van der Waals surface area contributed by atoms with Crippen LogP contribution in [-0.2, 0) is 4.74 Å². The van der Waals surface area contributed by atoms with Crippen molar-refractivity contribution in [2.24, 2.45) is 34.5 Å². The third-order valence-electron chi connectivity index (χ3n) is 11.7. The number of carbonyl (C=O) groups excluding carboxylic acids is 1. The Morgan fingerprint density at radius 1 is 0.947 bits per heavy atom. The average molecular weight is 521 g/mol. The molecule has 38 heavy (non-hydrogen) atoms. The van der Waals surface area contributed by atoms with E-state index in [4.69, 9.17) is 9.47 Å². The van der Waals surface area contributed by atoms with Gasteiger partial charge in [-0.05, 0) is 104 Å². The van der Waals surface area contributed by atoms with Gasteiger partial charge in [0.2, 0.25) is 0 Å². The molecule has 0 radical (unpaired) electrons. The van der Waals surface area contributed by atoms with E-state index in [1.165, 1.54) is 77.0 Å². The average Bonchev–Trinajstić information content (AvgIpc) is 3.24. The van der Waals surface area contributed by atoms with Crippen LogP contribution in [0.4, 0.5) is 4.79 Å². The van der Waals surface area contributed by atoms with Crippen LogP contribution in [-0.4, -0.2) is 12.3 Å². The highest BCUT2D eigenvalue weighted by atomic mass is 16.7. The van der Waals surface area contributed by atoms with Crippen LogP contribution in [0.3, 0.4) is 0 Å². The Morgan fingerprint density at radius 2 is 1.74 bits per heavy atom. The van der Waals surface area contributed by atoms with Crippen molar-refractivity contribution >= 4 is 6.16 Å². The predicted molar refractivity (Wildman–Crippen MR) is 155 cm³/mol. The number of para-hydroxylation sites is 1. The van der Waals surface area contributed by atoms with Crippen LogP contribution < -0.4 is 4.74 Å². The number of carbonyl (C=O) groups is 1. The Kier molecular flexibility index (Phi) is 8.60. The molecule has 0 heterocycles. The Balaban J connectivity index is 1.18. The maximum absolute atomic E-state index is 12.6. The minimum atomic E-state index is -0.557. The maximum atomic E-state index is 12.6. The van der Waals surface area contributed by atoms with Crippen molar-refractivity contribution in [3.63, 3.8) is 0 Å². The summed E-state index contributed by atoms with van der Waals surface area (Å²) in [6.07, 6.45) is 21.8. The highest BCUT2D eigenvalue weighted by Crippen LogP contribution is 2.66. The largest absolute Gasteiger partial charge is 0.514 e. The Labute approximate surface area is 232 Å². The Morgan fingerprint density at radius 3 is 2.55 bits per heavy atom. The van der Waals surface area contributed by atoms with Crippen molar-refractivity contribution in [2.75, 3.05) is 0 Å². The van der Waals surface area contributed by atoms with Gasteiger partial charge in [0.05, 0.1) is 0 Å². The Hall–Kier alpha value is -1.77. The van der Waals surface area contributed by atoms with Crippen molar-refractivity contribution in [3.05, 3.63) is 41.5 Å². The summed E-state index contributed by atoms with van der Waals surface area (Å²) >= 11 is 0. The predicted octanol–water partition coefficient (Wildman–Crippen LogP) is 10.2. The first-order valence-electron chi connectivity index (χ1n) is 16.0. The number of benzene rings is 1. The molecule has 0 aromatic heterocycles. The van der Waals surface area contributed by atoms with Crippen LogP contribution in [0, 0.1) is 41.4 Å². The van der Waals surface area contributed by atoms with E-state index in [1.807, 2.05) is 31.2 Å². The SMILES string of the molecule is CCCCCCCC[C@@H]1CC[C@H]2[C@H]3CC=C4C[C@@H](OC(=O)Oc5ccccc5C)CC[C@]4(C)[C@H]3CC[C@]12C. The van der Waals surface area contributed by atoms with E-state index < -0.39 is 6.16 Å². The molecule has 4 aliphatic carbocycles. The van der Waals surface area contributed by atoms with E-state index in [0.29, 0.717) is 11.2 Å². The summed E-state index contributed by atoms with van der Waals surface area (Å²) in [5.41, 5.74) is 3.35. The summed E-state index contributed by atoms with van der Waals surface area (Å²) in [6, 6.07) is 7.62. The lowest BCUT2D eigenvalue weighted by atomic mass is 9.47. The highest BCUT2D eigenvalue weighted by molar-refractivity contribution is 5.64. The van der Waals surface area contributed by atoms with Crippen LogP contribution in [0.5, 0.6) is 5.75 Å². The van der Waals surface area contributed by atoms with Crippen molar-refractivity contribution in [3.8, 4) is 5.75 Å². The van der Waals surface area contributed by atoms with Gasteiger partial charge in [-0.2, -0.15) is 0 Å². The summed E-state index contributed by atoms with van der Waals surface area (Å²) in [4.78, 5) is 12.6. The molecule has 0 saturated heterocycles. The summed E-state index contributed by atoms with van der Waals surface area (Å²) in [5.74, 6) is 4.09. The molecule has 1 aromatic carbocycles. The van der Waals surface area contributed by atoms with E-state index >= 15 is 0 Å². The molecule has 7 atom stereocenters. The van der Waals surface area contributed by atoms with Gasteiger partial charge in [-0.1, -0.05) is 89.1 Å². The fourth-order valence-corrected chi connectivity index (χ4v) is 9.40. The van der Waals surface area contributed by atoms with Crippen LogP contribution in [0.2, 0.25) is 0 Å². The number of hydrogen-bond donors (Lipinski definition) is 0. The molecule has 0 spiro atoms. The number of ether oxygens (including phenoxy) is 2. The van der Waals surface area contributed by atoms with Gasteiger partial charge >= 0.3 is 6.16 Å². The third-order valence-corrected chi connectivity index (χ3v) is 11.7. The molecule has 3 heteroatoms. The zero-order valence-electron chi connectivity index (χ0n) is 24.6. The molecule has 0 bridgehead atoms. The van der Waals surface area contributed by atoms with E-state index in [0.717, 1.165) is 48.5 Å². The number of allylic oxidation sites excluding steroid dienone is 1. The third kappa shape index (κ3) is 5.46. The number of rotatable bonds is 9. The fraction of sp³-hybridized carbons (Fsp3) is 0.743. The second kappa shape index (κ2) is 11.8. The summed E-state index contributed by atoms with van der Waals surface area (Å²) < 4.78 is 11.4. The first-order chi connectivity index (χ1) is 18.3. The van der Waals surface area contributed by atoms with E-state index in [9.17, 15) is 4.79 Å². The second-order valence-electron chi connectivity index (χ2n) is 13.7. The number of hydrogen-bond acceptors (Lipinski definition) is 3. The molecule has 3 saturated carbocycles. The zero-order valence-corrected chi connectivity index (χ0v) is 24.6. The van der Waals surface area contributed by atoms with Gasteiger partial charge in [0, 0.05) is 6.42 Å². The molecule has 3 nitrogen and oxygen atoms in total. The van der Waals surface area contributed by atoms with Gasteiger partial charge in [-0.3, -0.25) is 0 Å². The number of aryl methyl sites for hydroxylation is 1. The van der Waals surface area contributed by atoms with Gasteiger partial charge in [0.15, 0.2) is 0 Å². The van der Waals surface area contributed by atoms with Crippen LogP contribution in [0.1, 0.15) is 123 Å². The molecular weight excluding hydrogens is 468 g/mol. The molecule has 0 unspecified atom stereocenters. The topological polar surface area (TPSA) is 35.5 Å². The second-order valence-corrected chi connectivity index (χ2v) is 13.7. The quantitative estimate of drug-likeness (QED) is 0.141. The van der Waals surface area contributed by atoms with Gasteiger partial charge in [-0.15, -0.1) is 0 Å². The van der Waals surface area contributed by atoms with Gasteiger partial charge in [-0.25, -0.2) is 4.79 Å². The molecule has 210 valence electrons. The molecular formula is C35H52O3. The highest BCUT2D eigenvalue weighted by Gasteiger charge is 2.58. The summed E-state index contributed by atoms with van der Waals surface area (Å²) in [5, 5.41) is 0. The van der Waals surface area contributed by atoms with Crippen molar-refractivity contribution in [1.82, 2.24) is 0 Å². The van der Waals surface area contributed by atoms with Crippen LogP contribution in [0.15, 0.2) is 35.9 Å². The van der Waals surface area contributed by atoms with Gasteiger partial charge < -0.3 is 9.47 Å². The van der Waals surface area contributed by atoms with Crippen molar-refractivity contribution < 1.29 is 14.3 Å².